The van der Waals surface area contributed by atoms with E-state index in [9.17, 15) is 57.5 Å². The van der Waals surface area contributed by atoms with E-state index in [2.05, 4.69) is 11.3 Å². The molecule has 0 bridgehead atoms. The molecule has 0 aromatic rings. The monoisotopic (exact) mass is 400 g/mol. The standard InChI is InChI=1S/C11H8F12O2/c1-3-5(24)25-11(22,23)10(20,21)9(18,19)8(16,17)7(14,15)6(12,13)4-2/h3H,1,4H2,2H3. The number of hydrogen-bond acceptors (Lipinski definition) is 2. The van der Waals surface area contributed by atoms with Crippen molar-refractivity contribution < 1.29 is 62.2 Å². The molecule has 0 rings (SSSR count). The van der Waals surface area contributed by atoms with Gasteiger partial charge >= 0.3 is 41.7 Å². The minimum atomic E-state index is -7.76. The Labute approximate surface area is 131 Å². The molecule has 0 spiro atoms. The molecule has 0 aliphatic heterocycles. The molecule has 0 heterocycles. The summed E-state index contributed by atoms with van der Waals surface area (Å²) < 4.78 is 159. The van der Waals surface area contributed by atoms with Gasteiger partial charge in [-0.25, -0.2) is 4.79 Å². The summed E-state index contributed by atoms with van der Waals surface area (Å²) in [4.78, 5) is 10.4. The van der Waals surface area contributed by atoms with E-state index < -0.39 is 48.1 Å². The molecule has 0 saturated heterocycles. The second-order valence-electron chi connectivity index (χ2n) is 4.50. The van der Waals surface area contributed by atoms with Crippen LogP contribution in [0, 0.1) is 0 Å². The molecule has 0 unspecified atom stereocenters. The summed E-state index contributed by atoms with van der Waals surface area (Å²) >= 11 is 0. The first-order chi connectivity index (χ1) is 10.8. The van der Waals surface area contributed by atoms with E-state index in [-0.39, 0.29) is 13.0 Å². The average molecular weight is 400 g/mol. The maximum absolute atomic E-state index is 13.2. The third kappa shape index (κ3) is 3.26. The Kier molecular flexibility index (Phi) is 5.86. The van der Waals surface area contributed by atoms with Crippen molar-refractivity contribution in [2.24, 2.45) is 0 Å². The lowest BCUT2D eigenvalue weighted by molar-refractivity contribution is -0.450. The van der Waals surface area contributed by atoms with Gasteiger partial charge in [-0.05, 0) is 0 Å². The number of halogens is 12. The van der Waals surface area contributed by atoms with Crippen molar-refractivity contribution in [3.63, 3.8) is 0 Å². The van der Waals surface area contributed by atoms with Gasteiger partial charge in [0.05, 0.1) is 0 Å². The van der Waals surface area contributed by atoms with Gasteiger partial charge in [0.1, 0.15) is 0 Å². The molecule has 25 heavy (non-hydrogen) atoms. The summed E-state index contributed by atoms with van der Waals surface area (Å²) in [7, 11) is 0. The van der Waals surface area contributed by atoms with Crippen LogP contribution in [0.1, 0.15) is 13.3 Å². The molecule has 148 valence electrons. The number of rotatable bonds is 8. The second kappa shape index (κ2) is 6.27. The molecule has 0 saturated carbocycles. The van der Waals surface area contributed by atoms with Crippen molar-refractivity contribution in [3.05, 3.63) is 12.7 Å². The zero-order chi connectivity index (χ0) is 20.7. The fraction of sp³-hybridized carbons (Fsp3) is 0.727. The van der Waals surface area contributed by atoms with Gasteiger partial charge in [-0.15, -0.1) is 0 Å². The second-order valence-corrected chi connectivity index (χ2v) is 4.50. The molecule has 0 atom stereocenters. The summed E-state index contributed by atoms with van der Waals surface area (Å²) in [6.45, 7) is 2.54. The van der Waals surface area contributed by atoms with Crippen molar-refractivity contribution in [1.29, 1.82) is 0 Å². The number of esters is 1. The predicted molar refractivity (Wildman–Crippen MR) is 56.3 cm³/mol. The highest BCUT2D eigenvalue weighted by molar-refractivity contribution is 5.81. The summed E-state index contributed by atoms with van der Waals surface area (Å²) in [6, 6.07) is 0. The first-order valence-corrected chi connectivity index (χ1v) is 5.89. The molecule has 0 aromatic heterocycles. The highest BCUT2D eigenvalue weighted by Crippen LogP contribution is 2.60. The van der Waals surface area contributed by atoms with Crippen molar-refractivity contribution in [2.75, 3.05) is 0 Å². The Balaban J connectivity index is 6.25. The van der Waals surface area contributed by atoms with Crippen LogP contribution in [0.25, 0.3) is 0 Å². The van der Waals surface area contributed by atoms with Crippen LogP contribution in [-0.2, 0) is 9.53 Å². The van der Waals surface area contributed by atoms with Crippen LogP contribution in [-0.4, -0.2) is 41.7 Å². The fourth-order valence-electron chi connectivity index (χ4n) is 1.26. The maximum Gasteiger partial charge on any atom is 0.473 e. The van der Waals surface area contributed by atoms with Gasteiger partial charge in [-0.2, -0.15) is 52.7 Å². The Hall–Kier alpha value is -1.63. The first kappa shape index (κ1) is 23.4. The Bertz CT molecular complexity index is 525. The fourth-order valence-corrected chi connectivity index (χ4v) is 1.26. The highest BCUT2D eigenvalue weighted by atomic mass is 19.4. The average Bonchev–Trinajstić information content (AvgIpc) is 2.45. The van der Waals surface area contributed by atoms with Crippen molar-refractivity contribution in [3.8, 4) is 0 Å². The smallest absolute Gasteiger partial charge is 0.393 e. The molecule has 0 aliphatic rings. The van der Waals surface area contributed by atoms with E-state index >= 15 is 0 Å². The van der Waals surface area contributed by atoms with Gasteiger partial charge < -0.3 is 4.74 Å². The van der Waals surface area contributed by atoms with Gasteiger partial charge in [0.2, 0.25) is 0 Å². The normalized spacial score (nSPS) is 15.1. The topological polar surface area (TPSA) is 26.3 Å². The Morgan fingerprint density at radius 3 is 1.48 bits per heavy atom. The molecule has 0 radical (unpaired) electrons. The van der Waals surface area contributed by atoms with Crippen molar-refractivity contribution in [2.45, 2.75) is 49.1 Å². The number of carbonyl (C=O) groups excluding carboxylic acids is 1. The predicted octanol–water partition coefficient (Wildman–Crippen LogP) is 4.89. The van der Waals surface area contributed by atoms with Crippen molar-refractivity contribution >= 4 is 5.97 Å². The third-order valence-corrected chi connectivity index (χ3v) is 2.85. The molecule has 0 N–H and O–H groups in total. The number of hydrogen-bond donors (Lipinski definition) is 0. The molecule has 0 aromatic carbocycles. The van der Waals surface area contributed by atoms with Crippen LogP contribution in [0.3, 0.4) is 0 Å². The van der Waals surface area contributed by atoms with Gasteiger partial charge in [0, 0.05) is 12.5 Å². The molecule has 0 aliphatic carbocycles. The third-order valence-electron chi connectivity index (χ3n) is 2.85. The zero-order valence-corrected chi connectivity index (χ0v) is 11.8. The number of alkyl halides is 12. The van der Waals surface area contributed by atoms with Crippen LogP contribution in [0.5, 0.6) is 0 Å². The summed E-state index contributed by atoms with van der Waals surface area (Å²) in [5, 5.41) is 0. The van der Waals surface area contributed by atoms with Crippen LogP contribution in [0.15, 0.2) is 12.7 Å². The first-order valence-electron chi connectivity index (χ1n) is 5.89. The van der Waals surface area contributed by atoms with Crippen LogP contribution >= 0.6 is 0 Å². The number of ether oxygens (including phenoxy) is 1. The molecule has 2 nitrogen and oxygen atoms in total. The zero-order valence-electron chi connectivity index (χ0n) is 11.8. The van der Waals surface area contributed by atoms with Gasteiger partial charge in [-0.1, -0.05) is 13.5 Å². The Morgan fingerprint density at radius 1 is 0.800 bits per heavy atom. The summed E-state index contributed by atoms with van der Waals surface area (Å²) in [5.41, 5.74) is 0. The lowest BCUT2D eigenvalue weighted by Gasteiger charge is -2.40. The van der Waals surface area contributed by atoms with E-state index in [1.807, 2.05) is 0 Å². The van der Waals surface area contributed by atoms with Gasteiger partial charge in [-0.3, -0.25) is 0 Å². The molecule has 0 fully saturated rings. The quantitative estimate of drug-likeness (QED) is 0.329. The van der Waals surface area contributed by atoms with Gasteiger partial charge in [0.25, 0.3) is 0 Å². The summed E-state index contributed by atoms with van der Waals surface area (Å²) in [5.74, 6) is -38.5. The van der Waals surface area contributed by atoms with E-state index in [1.165, 1.54) is 0 Å². The molecular weight excluding hydrogens is 392 g/mol. The van der Waals surface area contributed by atoms with Crippen molar-refractivity contribution in [1.82, 2.24) is 0 Å². The van der Waals surface area contributed by atoms with E-state index in [1.54, 1.807) is 0 Å². The highest BCUT2D eigenvalue weighted by Gasteiger charge is 2.90. The molecule has 0 amide bonds. The minimum absolute atomic E-state index is 0.126. The van der Waals surface area contributed by atoms with Crippen LogP contribution in [0.2, 0.25) is 0 Å². The minimum Gasteiger partial charge on any atom is -0.393 e. The molecule has 14 heteroatoms. The van der Waals surface area contributed by atoms with Crippen LogP contribution in [0.4, 0.5) is 52.7 Å². The number of carbonyl (C=O) groups is 1. The SMILES string of the molecule is C=CC(=O)OC(F)(F)C(F)(F)C(F)(F)C(F)(F)C(F)(F)C(F)(F)CC. The largest absolute Gasteiger partial charge is 0.473 e. The van der Waals surface area contributed by atoms with Crippen LogP contribution < -0.4 is 0 Å². The van der Waals surface area contributed by atoms with E-state index in [0.29, 0.717) is 0 Å². The maximum atomic E-state index is 13.2. The van der Waals surface area contributed by atoms with E-state index in [0.717, 1.165) is 0 Å². The molecular formula is C11H8F12O2. The van der Waals surface area contributed by atoms with E-state index in [4.69, 9.17) is 0 Å². The lowest BCUT2D eigenvalue weighted by Crippen LogP contribution is -2.71. The summed E-state index contributed by atoms with van der Waals surface area (Å²) in [6.07, 6.45) is -9.23. The lowest BCUT2D eigenvalue weighted by atomic mass is 9.93. The van der Waals surface area contributed by atoms with Gasteiger partial charge in [0.15, 0.2) is 0 Å². The Morgan fingerprint density at radius 2 is 1.16 bits per heavy atom.